The van der Waals surface area contributed by atoms with E-state index in [-0.39, 0.29) is 5.82 Å². The van der Waals surface area contributed by atoms with Crippen LogP contribution in [0.25, 0.3) is 0 Å². The maximum absolute atomic E-state index is 13.6. The Morgan fingerprint density at radius 2 is 1.65 bits per heavy atom. The third-order valence-corrected chi connectivity index (χ3v) is 4.24. The second kappa shape index (κ2) is 5.16. The SMILES string of the molecule is CC(C)Cc1ccc(F)cc1B1OC(C)(C)C(C)(C)O1. The summed E-state index contributed by atoms with van der Waals surface area (Å²) >= 11 is 0. The van der Waals surface area contributed by atoms with E-state index >= 15 is 0 Å². The molecule has 1 fully saturated rings. The molecule has 20 heavy (non-hydrogen) atoms. The van der Waals surface area contributed by atoms with Gasteiger partial charge < -0.3 is 9.31 Å². The van der Waals surface area contributed by atoms with Gasteiger partial charge in [0.15, 0.2) is 0 Å². The third-order valence-electron chi connectivity index (χ3n) is 4.24. The minimum absolute atomic E-state index is 0.248. The van der Waals surface area contributed by atoms with E-state index in [9.17, 15) is 4.39 Å². The fraction of sp³-hybridized carbons (Fsp3) is 0.625. The van der Waals surface area contributed by atoms with Crippen LogP contribution in [0.2, 0.25) is 0 Å². The Morgan fingerprint density at radius 3 is 2.15 bits per heavy atom. The van der Waals surface area contributed by atoms with Crippen molar-refractivity contribution in [2.24, 2.45) is 5.92 Å². The van der Waals surface area contributed by atoms with E-state index in [0.29, 0.717) is 5.92 Å². The van der Waals surface area contributed by atoms with Crippen molar-refractivity contribution in [3.05, 3.63) is 29.6 Å². The molecule has 0 amide bonds. The fourth-order valence-electron chi connectivity index (χ4n) is 2.38. The average Bonchev–Trinajstić information content (AvgIpc) is 2.50. The summed E-state index contributed by atoms with van der Waals surface area (Å²) in [5.41, 5.74) is 1.11. The van der Waals surface area contributed by atoms with Gasteiger partial charge in [-0.3, -0.25) is 0 Å². The maximum Gasteiger partial charge on any atom is 0.495 e. The first-order valence-electron chi connectivity index (χ1n) is 7.26. The fourth-order valence-corrected chi connectivity index (χ4v) is 2.38. The normalized spacial score (nSPS) is 20.7. The van der Waals surface area contributed by atoms with Crippen LogP contribution in [0.15, 0.2) is 18.2 Å². The largest absolute Gasteiger partial charge is 0.495 e. The van der Waals surface area contributed by atoms with Gasteiger partial charge in [0, 0.05) is 0 Å². The number of benzene rings is 1. The van der Waals surface area contributed by atoms with Crippen LogP contribution >= 0.6 is 0 Å². The van der Waals surface area contributed by atoms with Crippen LogP contribution in [0.5, 0.6) is 0 Å². The van der Waals surface area contributed by atoms with Crippen molar-refractivity contribution in [1.29, 1.82) is 0 Å². The Kier molecular flexibility index (Phi) is 4.00. The summed E-state index contributed by atoms with van der Waals surface area (Å²) in [4.78, 5) is 0. The minimum Gasteiger partial charge on any atom is -0.399 e. The topological polar surface area (TPSA) is 18.5 Å². The van der Waals surface area contributed by atoms with E-state index in [2.05, 4.69) is 13.8 Å². The Balaban J connectivity index is 2.36. The highest BCUT2D eigenvalue weighted by Gasteiger charge is 2.52. The van der Waals surface area contributed by atoms with E-state index in [1.807, 2.05) is 33.8 Å². The standard InChI is InChI=1S/C16H24BFO2/c1-11(2)9-12-7-8-13(18)10-14(12)17-19-15(3,4)16(5,6)20-17/h7-8,10-11H,9H2,1-6H3. The molecule has 1 heterocycles. The lowest BCUT2D eigenvalue weighted by Gasteiger charge is -2.32. The number of hydrogen-bond acceptors (Lipinski definition) is 2. The zero-order chi connectivity index (χ0) is 15.1. The van der Waals surface area contributed by atoms with Crippen molar-refractivity contribution in [2.75, 3.05) is 0 Å². The summed E-state index contributed by atoms with van der Waals surface area (Å²) < 4.78 is 25.7. The predicted molar refractivity (Wildman–Crippen MR) is 80.7 cm³/mol. The van der Waals surface area contributed by atoms with Gasteiger partial charge >= 0.3 is 7.12 Å². The molecule has 0 aromatic heterocycles. The summed E-state index contributed by atoms with van der Waals surface area (Å²) in [6.07, 6.45) is 0.889. The molecule has 110 valence electrons. The van der Waals surface area contributed by atoms with Gasteiger partial charge in [-0.2, -0.15) is 0 Å². The molecule has 4 heteroatoms. The van der Waals surface area contributed by atoms with E-state index < -0.39 is 18.3 Å². The average molecular weight is 278 g/mol. The van der Waals surface area contributed by atoms with Crippen LogP contribution in [0.3, 0.4) is 0 Å². The van der Waals surface area contributed by atoms with Gasteiger partial charge in [-0.1, -0.05) is 19.9 Å². The van der Waals surface area contributed by atoms with Crippen LogP contribution in [-0.2, 0) is 15.7 Å². The molecule has 1 aliphatic rings. The van der Waals surface area contributed by atoms with Crippen molar-refractivity contribution < 1.29 is 13.7 Å². The molecule has 0 aliphatic carbocycles. The second-order valence-corrected chi connectivity index (χ2v) is 7.03. The zero-order valence-electron chi connectivity index (χ0n) is 13.3. The molecule has 0 radical (unpaired) electrons. The zero-order valence-corrected chi connectivity index (χ0v) is 13.3. The van der Waals surface area contributed by atoms with Crippen LogP contribution in [-0.4, -0.2) is 18.3 Å². The van der Waals surface area contributed by atoms with Crippen LogP contribution in [0.4, 0.5) is 4.39 Å². The van der Waals surface area contributed by atoms with Gasteiger partial charge in [0.2, 0.25) is 0 Å². The molecule has 1 aromatic carbocycles. The number of hydrogen-bond donors (Lipinski definition) is 0. The lowest BCUT2D eigenvalue weighted by molar-refractivity contribution is 0.00578. The molecular weight excluding hydrogens is 254 g/mol. The van der Waals surface area contributed by atoms with Crippen LogP contribution < -0.4 is 5.46 Å². The first-order valence-corrected chi connectivity index (χ1v) is 7.26. The Labute approximate surface area is 121 Å². The van der Waals surface area contributed by atoms with Gasteiger partial charge in [-0.25, -0.2) is 4.39 Å². The Hall–Kier alpha value is -0.865. The lowest BCUT2D eigenvalue weighted by atomic mass is 9.74. The summed E-state index contributed by atoms with van der Waals surface area (Å²) in [6, 6.07) is 4.89. The summed E-state index contributed by atoms with van der Waals surface area (Å²) in [7, 11) is -0.496. The molecule has 0 bridgehead atoms. The lowest BCUT2D eigenvalue weighted by Crippen LogP contribution is -2.41. The van der Waals surface area contributed by atoms with Gasteiger partial charge in [-0.15, -0.1) is 0 Å². The maximum atomic E-state index is 13.6. The minimum atomic E-state index is -0.496. The number of rotatable bonds is 3. The molecule has 0 spiro atoms. The first kappa shape index (κ1) is 15.5. The highest BCUT2D eigenvalue weighted by molar-refractivity contribution is 6.62. The summed E-state index contributed by atoms with van der Waals surface area (Å²) in [5.74, 6) is 0.254. The van der Waals surface area contributed by atoms with Crippen molar-refractivity contribution in [2.45, 2.75) is 59.2 Å². The van der Waals surface area contributed by atoms with Crippen LogP contribution in [0, 0.1) is 11.7 Å². The molecule has 1 aromatic rings. The van der Waals surface area contributed by atoms with E-state index in [1.165, 1.54) is 6.07 Å². The summed E-state index contributed by atoms with van der Waals surface area (Å²) in [6.45, 7) is 12.3. The van der Waals surface area contributed by atoms with Gasteiger partial charge in [-0.05, 0) is 63.2 Å². The smallest absolute Gasteiger partial charge is 0.399 e. The molecule has 1 saturated heterocycles. The van der Waals surface area contributed by atoms with Crippen molar-refractivity contribution in [1.82, 2.24) is 0 Å². The molecule has 0 unspecified atom stereocenters. The monoisotopic (exact) mass is 278 g/mol. The predicted octanol–water partition coefficient (Wildman–Crippen LogP) is 3.32. The molecule has 1 aliphatic heterocycles. The summed E-state index contributed by atoms with van der Waals surface area (Å²) in [5, 5.41) is 0. The van der Waals surface area contributed by atoms with Crippen molar-refractivity contribution in [3.63, 3.8) is 0 Å². The first-order chi connectivity index (χ1) is 9.12. The highest BCUT2D eigenvalue weighted by Crippen LogP contribution is 2.36. The van der Waals surface area contributed by atoms with Crippen LogP contribution in [0.1, 0.15) is 47.1 Å². The van der Waals surface area contributed by atoms with Gasteiger partial charge in [0.05, 0.1) is 11.2 Å². The quantitative estimate of drug-likeness (QED) is 0.790. The highest BCUT2D eigenvalue weighted by atomic mass is 19.1. The Morgan fingerprint density at radius 1 is 1.10 bits per heavy atom. The van der Waals surface area contributed by atoms with E-state index in [4.69, 9.17) is 9.31 Å². The molecular formula is C16H24BFO2. The van der Waals surface area contributed by atoms with Crippen molar-refractivity contribution >= 4 is 12.6 Å². The second-order valence-electron chi connectivity index (χ2n) is 7.03. The van der Waals surface area contributed by atoms with Gasteiger partial charge in [0.1, 0.15) is 5.82 Å². The Bertz CT molecular complexity index is 481. The third kappa shape index (κ3) is 2.91. The van der Waals surface area contributed by atoms with E-state index in [0.717, 1.165) is 17.4 Å². The van der Waals surface area contributed by atoms with Crippen molar-refractivity contribution in [3.8, 4) is 0 Å². The molecule has 0 N–H and O–H groups in total. The molecule has 0 saturated carbocycles. The molecule has 0 atom stereocenters. The number of halogens is 1. The molecule has 2 rings (SSSR count). The van der Waals surface area contributed by atoms with Gasteiger partial charge in [0.25, 0.3) is 0 Å². The molecule has 2 nitrogen and oxygen atoms in total. The van der Waals surface area contributed by atoms with E-state index in [1.54, 1.807) is 6.07 Å².